The Hall–Kier alpha value is -0.130. The molecule has 0 aliphatic carbocycles. The van der Waals surface area contributed by atoms with Gasteiger partial charge in [-0.1, -0.05) is 6.92 Å². The van der Waals surface area contributed by atoms with E-state index in [4.69, 9.17) is 10.8 Å². The van der Waals surface area contributed by atoms with Gasteiger partial charge in [0.1, 0.15) is 9.84 Å². The lowest BCUT2D eigenvalue weighted by Crippen LogP contribution is -2.25. The predicted octanol–water partition coefficient (Wildman–Crippen LogP) is -0.479. The SMILES string of the molecule is CCS(=O)(=O)CCCC(N)CO. The summed E-state index contributed by atoms with van der Waals surface area (Å²) in [7, 11) is -2.86. The number of aliphatic hydroxyl groups is 1. The first-order valence-electron chi connectivity index (χ1n) is 4.08. The molecule has 0 aliphatic heterocycles. The molecule has 0 saturated heterocycles. The minimum atomic E-state index is -2.86. The van der Waals surface area contributed by atoms with E-state index in [0.29, 0.717) is 12.8 Å². The Balaban J connectivity index is 3.57. The molecule has 3 N–H and O–H groups in total. The molecule has 0 aliphatic rings. The van der Waals surface area contributed by atoms with Crippen LogP contribution >= 0.6 is 0 Å². The summed E-state index contributed by atoms with van der Waals surface area (Å²) < 4.78 is 21.9. The van der Waals surface area contributed by atoms with Gasteiger partial charge in [-0.2, -0.15) is 0 Å². The quantitative estimate of drug-likeness (QED) is 0.600. The molecule has 0 rings (SSSR count). The lowest BCUT2D eigenvalue weighted by Gasteiger charge is -2.06. The molecule has 1 unspecified atom stereocenters. The zero-order valence-electron chi connectivity index (χ0n) is 7.36. The summed E-state index contributed by atoms with van der Waals surface area (Å²) in [4.78, 5) is 0. The Labute approximate surface area is 73.7 Å². The third-order valence-corrected chi connectivity index (χ3v) is 3.49. The first-order valence-corrected chi connectivity index (χ1v) is 5.91. The highest BCUT2D eigenvalue weighted by Gasteiger charge is 2.08. The van der Waals surface area contributed by atoms with Crippen LogP contribution < -0.4 is 5.73 Å². The average Bonchev–Trinajstić information content (AvgIpc) is 2.04. The molecule has 0 aromatic heterocycles. The largest absolute Gasteiger partial charge is 0.395 e. The van der Waals surface area contributed by atoms with Crippen LogP contribution in [0.25, 0.3) is 0 Å². The minimum absolute atomic E-state index is 0.0772. The predicted molar refractivity (Wildman–Crippen MR) is 48.6 cm³/mol. The number of rotatable bonds is 6. The molecular weight excluding hydrogens is 178 g/mol. The van der Waals surface area contributed by atoms with Crippen LogP contribution in [0.2, 0.25) is 0 Å². The average molecular weight is 195 g/mol. The first-order chi connectivity index (χ1) is 5.52. The highest BCUT2D eigenvalue weighted by Crippen LogP contribution is 1.99. The van der Waals surface area contributed by atoms with E-state index in [-0.39, 0.29) is 24.2 Å². The summed E-state index contributed by atoms with van der Waals surface area (Å²) in [5.74, 6) is 0.360. The van der Waals surface area contributed by atoms with Gasteiger partial charge in [0.25, 0.3) is 0 Å². The van der Waals surface area contributed by atoms with Crippen molar-refractivity contribution in [2.75, 3.05) is 18.1 Å². The molecule has 0 amide bonds. The van der Waals surface area contributed by atoms with Gasteiger partial charge in [0, 0.05) is 11.8 Å². The fraction of sp³-hybridized carbons (Fsp3) is 1.00. The zero-order chi connectivity index (χ0) is 9.61. The van der Waals surface area contributed by atoms with Crippen LogP contribution in [-0.4, -0.2) is 37.7 Å². The summed E-state index contributed by atoms with van der Waals surface area (Å²) in [6.45, 7) is 1.55. The number of nitrogens with two attached hydrogens (primary N) is 1. The summed E-state index contributed by atoms with van der Waals surface area (Å²) in [6.07, 6.45) is 1.10. The molecule has 0 aromatic rings. The summed E-state index contributed by atoms with van der Waals surface area (Å²) in [5.41, 5.74) is 5.40. The van der Waals surface area contributed by atoms with E-state index in [2.05, 4.69) is 0 Å². The molecule has 12 heavy (non-hydrogen) atoms. The van der Waals surface area contributed by atoms with Gasteiger partial charge >= 0.3 is 0 Å². The maximum atomic E-state index is 11.0. The van der Waals surface area contributed by atoms with Crippen molar-refractivity contribution in [3.05, 3.63) is 0 Å². The lowest BCUT2D eigenvalue weighted by molar-refractivity contribution is 0.259. The van der Waals surface area contributed by atoms with Crippen molar-refractivity contribution < 1.29 is 13.5 Å². The summed E-state index contributed by atoms with van der Waals surface area (Å²) in [6, 6.07) is -0.281. The maximum Gasteiger partial charge on any atom is 0.150 e. The zero-order valence-corrected chi connectivity index (χ0v) is 8.18. The van der Waals surface area contributed by atoms with Crippen molar-refractivity contribution in [1.29, 1.82) is 0 Å². The highest BCUT2D eigenvalue weighted by atomic mass is 32.2. The van der Waals surface area contributed by atoms with E-state index in [1.54, 1.807) is 6.92 Å². The van der Waals surface area contributed by atoms with E-state index in [1.165, 1.54) is 0 Å². The monoisotopic (exact) mass is 195 g/mol. The van der Waals surface area contributed by atoms with Gasteiger partial charge in [0.2, 0.25) is 0 Å². The normalized spacial score (nSPS) is 14.6. The molecule has 74 valence electrons. The van der Waals surface area contributed by atoms with Crippen molar-refractivity contribution in [2.24, 2.45) is 5.73 Å². The number of sulfone groups is 1. The van der Waals surface area contributed by atoms with Gasteiger partial charge in [0.15, 0.2) is 0 Å². The van der Waals surface area contributed by atoms with Gasteiger partial charge in [-0.3, -0.25) is 0 Å². The van der Waals surface area contributed by atoms with Gasteiger partial charge in [-0.25, -0.2) is 8.42 Å². The van der Waals surface area contributed by atoms with Gasteiger partial charge in [0.05, 0.1) is 12.4 Å². The van der Waals surface area contributed by atoms with Crippen molar-refractivity contribution in [1.82, 2.24) is 0 Å². The van der Waals surface area contributed by atoms with Crippen molar-refractivity contribution >= 4 is 9.84 Å². The molecule has 1 atom stereocenters. The van der Waals surface area contributed by atoms with Crippen LogP contribution in [0.15, 0.2) is 0 Å². The Morgan fingerprint density at radius 3 is 2.50 bits per heavy atom. The third kappa shape index (κ3) is 5.51. The second-order valence-electron chi connectivity index (χ2n) is 2.82. The van der Waals surface area contributed by atoms with Crippen molar-refractivity contribution in [3.8, 4) is 0 Å². The minimum Gasteiger partial charge on any atom is -0.395 e. The van der Waals surface area contributed by atoms with Gasteiger partial charge in [-0.15, -0.1) is 0 Å². The second-order valence-corrected chi connectivity index (χ2v) is 5.29. The number of aliphatic hydroxyl groups excluding tert-OH is 1. The Morgan fingerprint density at radius 1 is 1.50 bits per heavy atom. The van der Waals surface area contributed by atoms with E-state index in [9.17, 15) is 8.42 Å². The van der Waals surface area contributed by atoms with Crippen molar-refractivity contribution in [3.63, 3.8) is 0 Å². The third-order valence-electron chi connectivity index (χ3n) is 1.70. The van der Waals surface area contributed by atoms with E-state index >= 15 is 0 Å². The fourth-order valence-electron chi connectivity index (χ4n) is 0.801. The Bertz CT molecular complexity index is 201. The molecule has 0 radical (unpaired) electrons. The molecule has 0 heterocycles. The van der Waals surface area contributed by atoms with Crippen LogP contribution in [0.5, 0.6) is 0 Å². The van der Waals surface area contributed by atoms with Gasteiger partial charge in [-0.05, 0) is 12.8 Å². The number of hydrogen-bond acceptors (Lipinski definition) is 4. The smallest absolute Gasteiger partial charge is 0.150 e. The topological polar surface area (TPSA) is 80.4 Å². The van der Waals surface area contributed by atoms with Crippen LogP contribution in [0.4, 0.5) is 0 Å². The number of hydrogen-bond donors (Lipinski definition) is 2. The Morgan fingerprint density at radius 2 is 2.08 bits per heavy atom. The lowest BCUT2D eigenvalue weighted by atomic mass is 10.2. The molecule has 0 fully saturated rings. The standard InChI is InChI=1S/C7H17NO3S/c1-2-12(10,11)5-3-4-7(8)6-9/h7,9H,2-6,8H2,1H3. The van der Waals surface area contributed by atoms with Crippen LogP contribution in [0.3, 0.4) is 0 Å². The summed E-state index contributed by atoms with van der Waals surface area (Å²) in [5, 5.41) is 8.55. The second kappa shape index (κ2) is 5.50. The van der Waals surface area contributed by atoms with E-state index in [0.717, 1.165) is 0 Å². The van der Waals surface area contributed by atoms with Crippen LogP contribution in [0, 0.1) is 0 Å². The molecule has 0 aromatic carbocycles. The molecule has 4 nitrogen and oxygen atoms in total. The highest BCUT2D eigenvalue weighted by molar-refractivity contribution is 7.91. The Kier molecular flexibility index (Phi) is 5.44. The maximum absolute atomic E-state index is 11.0. The van der Waals surface area contributed by atoms with Crippen molar-refractivity contribution in [2.45, 2.75) is 25.8 Å². The first kappa shape index (κ1) is 11.9. The molecule has 0 spiro atoms. The molecule has 5 heteroatoms. The molecule has 0 saturated carbocycles. The van der Waals surface area contributed by atoms with Gasteiger partial charge < -0.3 is 10.8 Å². The van der Waals surface area contributed by atoms with Crippen LogP contribution in [-0.2, 0) is 9.84 Å². The molecule has 0 bridgehead atoms. The fourth-order valence-corrected chi connectivity index (χ4v) is 1.70. The van der Waals surface area contributed by atoms with Crippen LogP contribution in [0.1, 0.15) is 19.8 Å². The summed E-state index contributed by atoms with van der Waals surface area (Å²) >= 11 is 0. The van der Waals surface area contributed by atoms with E-state index in [1.807, 2.05) is 0 Å². The molecular formula is C7H17NO3S. The van der Waals surface area contributed by atoms with E-state index < -0.39 is 9.84 Å².